The second-order valence-electron chi connectivity index (χ2n) is 17.3. The van der Waals surface area contributed by atoms with Crippen molar-refractivity contribution in [2.45, 2.75) is 193 Å². The first-order chi connectivity index (χ1) is 25.0. The molecule has 3 aliphatic heterocycles. The Morgan fingerprint density at radius 1 is 0.870 bits per heavy atom. The van der Waals surface area contributed by atoms with Crippen molar-refractivity contribution < 1.29 is 63.2 Å². The highest BCUT2D eigenvalue weighted by Gasteiger charge is 2.54. The summed E-state index contributed by atoms with van der Waals surface area (Å²) < 4.78 is 44.6. The Hall–Kier alpha value is -1.30. The quantitative estimate of drug-likeness (QED) is 0.238. The van der Waals surface area contributed by atoms with Crippen molar-refractivity contribution in [3.05, 3.63) is 0 Å². The number of likely N-dealkylation sites (N-methyl/N-ethyl adjacent to an activating group) is 1. The van der Waals surface area contributed by atoms with E-state index >= 15 is 0 Å². The highest BCUT2D eigenvalue weighted by molar-refractivity contribution is 5.83. The monoisotopic (exact) mass is 776 g/mol. The number of carbonyl (C=O) groups excluding carboxylic acids is 2. The van der Waals surface area contributed by atoms with Crippen molar-refractivity contribution in [2.24, 2.45) is 23.7 Å². The largest absolute Gasteiger partial charge is 0.459 e. The van der Waals surface area contributed by atoms with Gasteiger partial charge < -0.3 is 58.5 Å². The molecule has 4 N–H and O–H groups in total. The number of hydrogen-bond acceptors (Lipinski definition) is 14. The summed E-state index contributed by atoms with van der Waals surface area (Å²) >= 11 is 0. The van der Waals surface area contributed by atoms with Crippen LogP contribution in [0.3, 0.4) is 0 Å². The molecule has 0 amide bonds. The average molecular weight is 776 g/mol. The molecule has 0 aliphatic carbocycles. The number of cyclic esters (lactones) is 1. The van der Waals surface area contributed by atoms with Gasteiger partial charge in [0.05, 0.1) is 47.6 Å². The number of ether oxygens (including phenoxy) is 7. The van der Waals surface area contributed by atoms with Gasteiger partial charge in [-0.25, -0.2) is 0 Å². The predicted octanol–water partition coefficient (Wildman–Crippen LogP) is 3.22. The molecule has 54 heavy (non-hydrogen) atoms. The molecule has 3 aliphatic rings. The molecule has 3 fully saturated rings. The minimum atomic E-state index is -1.97. The van der Waals surface area contributed by atoms with Crippen LogP contribution in [-0.4, -0.2) is 149 Å². The fourth-order valence-corrected chi connectivity index (χ4v) is 8.86. The SMILES string of the molecule is CCCO[C@@]1(C)C[C@@H](C)C(=O)[C@H](C)[C@@H](O)[C@](C)(O)[C@@H](CC)OC(=O)[C@H](C)[C@@H](O[C@H]2C[C@@](C)(OC)[C@@H](O)[C@H](C)O2)[C@H](C)[C@H]1O[C@@H]1O[C@H](C)C[C@H](N(C)C)[C@H]1O. The van der Waals surface area contributed by atoms with E-state index in [1.165, 1.54) is 14.0 Å². The van der Waals surface area contributed by atoms with Crippen molar-refractivity contribution in [1.29, 1.82) is 0 Å². The summed E-state index contributed by atoms with van der Waals surface area (Å²) in [6.07, 6.45) is -8.06. The Morgan fingerprint density at radius 2 is 1.50 bits per heavy atom. The Kier molecular flexibility index (Phi) is 16.5. The Balaban J connectivity index is 2.27. The number of rotatable bonds is 10. The topological polar surface area (TPSA) is 183 Å². The molecule has 3 rings (SSSR count). The number of nitrogens with zero attached hydrogens (tertiary/aromatic N) is 1. The number of ketones is 1. The first kappa shape index (κ1) is 47.1. The maximum Gasteiger partial charge on any atom is 0.311 e. The number of hydrogen-bond donors (Lipinski definition) is 4. The lowest BCUT2D eigenvalue weighted by Gasteiger charge is -2.50. The maximum absolute atomic E-state index is 14.3. The van der Waals surface area contributed by atoms with Crippen LogP contribution in [0.1, 0.15) is 108 Å². The van der Waals surface area contributed by atoms with Gasteiger partial charge in [0.25, 0.3) is 0 Å². The summed E-state index contributed by atoms with van der Waals surface area (Å²) in [5.74, 6) is -4.45. The van der Waals surface area contributed by atoms with Gasteiger partial charge in [-0.15, -0.1) is 0 Å². The molecule has 18 atom stereocenters. The Morgan fingerprint density at radius 3 is 2.06 bits per heavy atom. The summed E-state index contributed by atoms with van der Waals surface area (Å²) in [4.78, 5) is 30.3. The van der Waals surface area contributed by atoms with Gasteiger partial charge in [0, 0.05) is 43.9 Å². The standard InChI is InChI=1S/C40H73NO13/c1-15-17-49-39(10)19-21(3)30(42)23(5)33(44)40(11,47)28(16-2)52-36(46)25(7)32(53-29-20-38(9,48-14)34(45)26(8)51-29)24(6)35(39)54-37-31(43)27(41(12)13)18-22(4)50-37/h21-29,31-35,37,43-45,47H,15-20H2,1-14H3/t21-,22-,23+,24+,25-,26+,27+,28-,29+,31-,32+,33-,34+,35-,37+,38-,39+,40-/m1/s1. The third-order valence-corrected chi connectivity index (χ3v) is 12.4. The second kappa shape index (κ2) is 19.0. The molecule has 0 aromatic heterocycles. The van der Waals surface area contributed by atoms with Crippen LogP contribution in [-0.2, 0) is 42.7 Å². The van der Waals surface area contributed by atoms with Gasteiger partial charge >= 0.3 is 5.97 Å². The average Bonchev–Trinajstić information content (AvgIpc) is 3.11. The number of esters is 1. The predicted molar refractivity (Wildman–Crippen MR) is 200 cm³/mol. The normalized spacial score (nSPS) is 47.6. The minimum Gasteiger partial charge on any atom is -0.459 e. The fraction of sp³-hybridized carbons (Fsp3) is 0.950. The van der Waals surface area contributed by atoms with E-state index in [4.69, 9.17) is 33.2 Å². The maximum atomic E-state index is 14.3. The van der Waals surface area contributed by atoms with Crippen molar-refractivity contribution in [1.82, 2.24) is 4.90 Å². The van der Waals surface area contributed by atoms with Crippen molar-refractivity contribution in [3.8, 4) is 0 Å². The zero-order valence-corrected chi connectivity index (χ0v) is 35.3. The Labute approximate surface area is 323 Å². The van der Waals surface area contributed by atoms with Gasteiger partial charge in [0.2, 0.25) is 0 Å². The smallest absolute Gasteiger partial charge is 0.311 e. The zero-order valence-electron chi connectivity index (χ0n) is 35.3. The third-order valence-electron chi connectivity index (χ3n) is 12.4. The first-order valence-corrected chi connectivity index (χ1v) is 20.0. The molecule has 0 radical (unpaired) electrons. The highest BCUT2D eigenvalue weighted by atomic mass is 16.7. The molecule has 0 bridgehead atoms. The van der Waals surface area contributed by atoms with Crippen molar-refractivity contribution in [3.63, 3.8) is 0 Å². The van der Waals surface area contributed by atoms with Gasteiger partial charge in [-0.2, -0.15) is 0 Å². The van der Waals surface area contributed by atoms with E-state index in [1.807, 2.05) is 46.7 Å². The summed E-state index contributed by atoms with van der Waals surface area (Å²) in [5.41, 5.74) is -4.24. The molecule has 0 saturated carbocycles. The first-order valence-electron chi connectivity index (χ1n) is 20.0. The molecule has 14 nitrogen and oxygen atoms in total. The number of aliphatic hydroxyl groups is 4. The van der Waals surface area contributed by atoms with Crippen LogP contribution in [0.15, 0.2) is 0 Å². The fourth-order valence-electron chi connectivity index (χ4n) is 8.86. The van der Waals surface area contributed by atoms with E-state index in [1.54, 1.807) is 41.5 Å². The van der Waals surface area contributed by atoms with Crippen molar-refractivity contribution >= 4 is 11.8 Å². The number of methoxy groups -OCH3 is 1. The van der Waals surface area contributed by atoms with E-state index in [0.29, 0.717) is 19.4 Å². The zero-order chi connectivity index (χ0) is 41.1. The van der Waals surface area contributed by atoms with Crippen LogP contribution in [0.2, 0.25) is 0 Å². The lowest BCUT2D eigenvalue weighted by molar-refractivity contribution is -0.320. The summed E-state index contributed by atoms with van der Waals surface area (Å²) in [5, 5.41) is 45.9. The molecule has 3 heterocycles. The lowest BCUT2D eigenvalue weighted by atomic mass is 9.73. The van der Waals surface area contributed by atoms with Gasteiger partial charge in [0.1, 0.15) is 29.7 Å². The molecular weight excluding hydrogens is 702 g/mol. The molecule has 316 valence electrons. The number of carbonyl (C=O) groups is 2. The second-order valence-corrected chi connectivity index (χ2v) is 17.3. The molecule has 0 unspecified atom stereocenters. The molecule has 3 saturated heterocycles. The van der Waals surface area contributed by atoms with Crippen LogP contribution in [0.25, 0.3) is 0 Å². The van der Waals surface area contributed by atoms with Crippen LogP contribution in [0, 0.1) is 23.7 Å². The van der Waals surface area contributed by atoms with Gasteiger partial charge in [-0.3, -0.25) is 9.59 Å². The van der Waals surface area contributed by atoms with Crippen LogP contribution < -0.4 is 0 Å². The van der Waals surface area contributed by atoms with E-state index in [9.17, 15) is 30.0 Å². The third kappa shape index (κ3) is 10.2. The molecule has 0 spiro atoms. The van der Waals surface area contributed by atoms with Crippen LogP contribution >= 0.6 is 0 Å². The van der Waals surface area contributed by atoms with Crippen LogP contribution in [0.4, 0.5) is 0 Å². The van der Waals surface area contributed by atoms with E-state index in [0.717, 1.165) is 0 Å². The minimum absolute atomic E-state index is 0.128. The molecule has 14 heteroatoms. The summed E-state index contributed by atoms with van der Waals surface area (Å²) in [6, 6.07) is -0.284. The van der Waals surface area contributed by atoms with Crippen LogP contribution in [0.5, 0.6) is 0 Å². The van der Waals surface area contributed by atoms with E-state index in [-0.39, 0.29) is 37.2 Å². The lowest BCUT2D eigenvalue weighted by Crippen LogP contribution is -2.61. The highest BCUT2D eigenvalue weighted by Crippen LogP contribution is 2.42. The van der Waals surface area contributed by atoms with Crippen molar-refractivity contribution in [2.75, 3.05) is 27.8 Å². The van der Waals surface area contributed by atoms with Gasteiger partial charge in [0.15, 0.2) is 12.6 Å². The summed E-state index contributed by atoms with van der Waals surface area (Å²) in [6.45, 7) is 19.5. The number of aliphatic hydroxyl groups excluding tert-OH is 3. The molecule has 0 aromatic carbocycles. The Bertz CT molecular complexity index is 1220. The molecule has 0 aromatic rings. The summed E-state index contributed by atoms with van der Waals surface area (Å²) in [7, 11) is 5.28. The van der Waals surface area contributed by atoms with E-state index in [2.05, 4.69) is 0 Å². The number of Topliss-reactive ketones (excluding diaryl/α,β-unsaturated/α-hetero) is 1. The van der Waals surface area contributed by atoms with E-state index < -0.39 is 102 Å². The molecular formula is C40H73NO13. The van der Waals surface area contributed by atoms with Gasteiger partial charge in [-0.05, 0) is 81.3 Å². The van der Waals surface area contributed by atoms with Gasteiger partial charge in [-0.1, -0.05) is 34.6 Å².